The van der Waals surface area contributed by atoms with Crippen LogP contribution in [0.4, 0.5) is 8.78 Å². The number of piperidine rings is 1. The van der Waals surface area contributed by atoms with E-state index in [0.717, 1.165) is 47.6 Å². The molecule has 1 N–H and O–H groups in total. The molecule has 1 heterocycles. The minimum Gasteiger partial charge on any atom is -0.350 e. The summed E-state index contributed by atoms with van der Waals surface area (Å²) in [5, 5.41) is 3.77. The number of halogens is 3. The number of nitrogens with zero attached hydrogens (tertiary/aromatic N) is 1. The standard InChI is InChI=1S/C30H37ClF2N2O2/c1-5-29(34-19(4)36)25-14-18(3)27(31)16-23(25)20-8-10-35(11-9-20)30(37)26-13-17(2)12-24(26)22-7-6-21(32)15-28(22)33/h6-7,14-16,20,22,24,26,28-29H,2,5,8-13H2,1,3-4H3,(H,34,36)/t22?,24-,26+,28?,29-/m0/s1. The molecule has 0 aromatic heterocycles. The van der Waals surface area contributed by atoms with Gasteiger partial charge in [-0.3, -0.25) is 9.59 Å². The zero-order chi connectivity index (χ0) is 26.9. The molecule has 1 saturated carbocycles. The van der Waals surface area contributed by atoms with Gasteiger partial charge in [-0.15, -0.1) is 0 Å². The van der Waals surface area contributed by atoms with Gasteiger partial charge in [-0.25, -0.2) is 8.78 Å². The van der Waals surface area contributed by atoms with Gasteiger partial charge < -0.3 is 10.2 Å². The lowest BCUT2D eigenvalue weighted by molar-refractivity contribution is -0.138. The average molecular weight is 531 g/mol. The Morgan fingerprint density at radius 1 is 1.24 bits per heavy atom. The van der Waals surface area contributed by atoms with E-state index in [-0.39, 0.29) is 35.6 Å². The van der Waals surface area contributed by atoms with Crippen molar-refractivity contribution in [2.24, 2.45) is 17.8 Å². The molecule has 7 heteroatoms. The second-order valence-electron chi connectivity index (χ2n) is 10.9. The number of rotatable bonds is 6. The first-order valence-electron chi connectivity index (χ1n) is 13.3. The highest BCUT2D eigenvalue weighted by molar-refractivity contribution is 6.31. The van der Waals surface area contributed by atoms with Crippen LogP contribution in [0.2, 0.25) is 5.02 Å². The Bertz CT molecular complexity index is 1120. The van der Waals surface area contributed by atoms with E-state index in [1.165, 1.54) is 13.0 Å². The first-order chi connectivity index (χ1) is 17.6. The maximum atomic E-state index is 14.7. The molecule has 4 rings (SSSR count). The molecule has 1 aliphatic heterocycles. The number of likely N-dealkylation sites (tertiary alicyclic amines) is 1. The van der Waals surface area contributed by atoms with Crippen molar-refractivity contribution in [2.75, 3.05) is 13.1 Å². The smallest absolute Gasteiger partial charge is 0.226 e. The number of benzene rings is 1. The van der Waals surface area contributed by atoms with Crippen molar-refractivity contribution in [1.29, 1.82) is 0 Å². The van der Waals surface area contributed by atoms with Crippen LogP contribution in [0, 0.1) is 24.7 Å². The molecule has 3 aliphatic rings. The van der Waals surface area contributed by atoms with Gasteiger partial charge in [0, 0.05) is 36.9 Å². The lowest BCUT2D eigenvalue weighted by Gasteiger charge is -2.37. The van der Waals surface area contributed by atoms with E-state index in [0.29, 0.717) is 31.0 Å². The van der Waals surface area contributed by atoms with E-state index in [9.17, 15) is 18.4 Å². The fourth-order valence-corrected chi connectivity index (χ4v) is 6.54. The Kier molecular flexibility index (Phi) is 8.57. The van der Waals surface area contributed by atoms with Crippen LogP contribution in [0.1, 0.15) is 74.6 Å². The molecule has 2 amide bonds. The molecule has 37 heavy (non-hydrogen) atoms. The summed E-state index contributed by atoms with van der Waals surface area (Å²) >= 11 is 6.52. The predicted molar refractivity (Wildman–Crippen MR) is 144 cm³/mol. The molecule has 1 saturated heterocycles. The third-order valence-corrected chi connectivity index (χ3v) is 8.70. The highest BCUT2D eigenvalue weighted by atomic mass is 35.5. The summed E-state index contributed by atoms with van der Waals surface area (Å²) in [5.41, 5.74) is 4.16. The summed E-state index contributed by atoms with van der Waals surface area (Å²) in [6, 6.07) is 4.01. The molecule has 0 spiro atoms. The normalized spacial score (nSPS) is 27.2. The van der Waals surface area contributed by atoms with Gasteiger partial charge in [0.05, 0.1) is 6.04 Å². The van der Waals surface area contributed by atoms with Crippen LogP contribution in [0.15, 0.2) is 48.3 Å². The minimum atomic E-state index is -1.43. The number of carbonyl (C=O) groups is 2. The van der Waals surface area contributed by atoms with Crippen molar-refractivity contribution in [1.82, 2.24) is 10.2 Å². The fourth-order valence-electron chi connectivity index (χ4n) is 6.37. The maximum absolute atomic E-state index is 14.7. The van der Waals surface area contributed by atoms with Gasteiger partial charge in [-0.05, 0) is 85.8 Å². The first-order valence-corrected chi connectivity index (χ1v) is 13.7. The second kappa shape index (κ2) is 11.5. The summed E-state index contributed by atoms with van der Waals surface area (Å²) in [6.45, 7) is 10.9. The molecule has 0 radical (unpaired) electrons. The fraction of sp³-hybridized carbons (Fsp3) is 0.533. The number of hydrogen-bond donors (Lipinski definition) is 1. The van der Waals surface area contributed by atoms with Gasteiger partial charge >= 0.3 is 0 Å². The van der Waals surface area contributed by atoms with Crippen LogP contribution >= 0.6 is 11.6 Å². The van der Waals surface area contributed by atoms with Gasteiger partial charge in [0.25, 0.3) is 0 Å². The number of hydrogen-bond acceptors (Lipinski definition) is 2. The molecule has 2 fully saturated rings. The lowest BCUT2D eigenvalue weighted by atomic mass is 9.78. The highest BCUT2D eigenvalue weighted by Crippen LogP contribution is 2.45. The van der Waals surface area contributed by atoms with Gasteiger partial charge in [0.2, 0.25) is 11.8 Å². The average Bonchev–Trinajstić information content (AvgIpc) is 3.24. The van der Waals surface area contributed by atoms with Crippen LogP contribution in [0.3, 0.4) is 0 Å². The second-order valence-corrected chi connectivity index (χ2v) is 11.3. The highest BCUT2D eigenvalue weighted by Gasteiger charge is 2.44. The summed E-state index contributed by atoms with van der Waals surface area (Å²) in [5.74, 6) is -1.42. The van der Waals surface area contributed by atoms with Crippen molar-refractivity contribution in [2.45, 2.75) is 71.0 Å². The number of carbonyl (C=O) groups excluding carboxylic acids is 2. The zero-order valence-corrected chi connectivity index (χ0v) is 22.7. The molecule has 4 nitrogen and oxygen atoms in total. The number of alkyl halides is 1. The lowest BCUT2D eigenvalue weighted by Crippen LogP contribution is -2.44. The van der Waals surface area contributed by atoms with Crippen LogP contribution in [0.5, 0.6) is 0 Å². The maximum Gasteiger partial charge on any atom is 0.226 e. The summed E-state index contributed by atoms with van der Waals surface area (Å²) in [4.78, 5) is 27.4. The van der Waals surface area contributed by atoms with Gasteiger partial charge in [0.1, 0.15) is 12.0 Å². The summed E-state index contributed by atoms with van der Waals surface area (Å²) in [7, 11) is 0. The Hall–Kier alpha value is -2.47. The molecular weight excluding hydrogens is 494 g/mol. The van der Waals surface area contributed by atoms with E-state index < -0.39 is 17.9 Å². The van der Waals surface area contributed by atoms with E-state index >= 15 is 0 Å². The van der Waals surface area contributed by atoms with E-state index in [2.05, 4.69) is 24.9 Å². The Labute approximate surface area is 223 Å². The molecule has 5 atom stereocenters. The van der Waals surface area contributed by atoms with Crippen molar-refractivity contribution < 1.29 is 18.4 Å². The van der Waals surface area contributed by atoms with Gasteiger partial charge in [-0.2, -0.15) is 0 Å². The summed E-state index contributed by atoms with van der Waals surface area (Å²) in [6.07, 6.45) is 5.95. The molecule has 2 unspecified atom stereocenters. The monoisotopic (exact) mass is 530 g/mol. The number of amides is 2. The molecule has 1 aromatic rings. The Morgan fingerprint density at radius 2 is 1.95 bits per heavy atom. The molecule has 200 valence electrons. The van der Waals surface area contributed by atoms with Crippen molar-refractivity contribution >= 4 is 23.4 Å². The number of nitrogens with one attached hydrogen (secondary N) is 1. The van der Waals surface area contributed by atoms with E-state index in [1.807, 2.05) is 17.9 Å². The van der Waals surface area contributed by atoms with Crippen molar-refractivity contribution in [3.63, 3.8) is 0 Å². The first kappa shape index (κ1) is 27.6. The van der Waals surface area contributed by atoms with Crippen LogP contribution in [-0.4, -0.2) is 36.0 Å². The number of allylic oxidation sites excluding steroid dienone is 5. The van der Waals surface area contributed by atoms with Crippen LogP contribution in [0.25, 0.3) is 0 Å². The largest absolute Gasteiger partial charge is 0.350 e. The van der Waals surface area contributed by atoms with Crippen LogP contribution < -0.4 is 5.32 Å². The predicted octanol–water partition coefficient (Wildman–Crippen LogP) is 6.90. The third kappa shape index (κ3) is 6.00. The minimum absolute atomic E-state index is 0.0459. The third-order valence-electron chi connectivity index (χ3n) is 8.30. The molecule has 2 aliphatic carbocycles. The number of aryl methyl sites for hydroxylation is 1. The zero-order valence-electron chi connectivity index (χ0n) is 21.9. The van der Waals surface area contributed by atoms with Crippen molar-refractivity contribution in [3.05, 3.63) is 70.1 Å². The topological polar surface area (TPSA) is 49.4 Å². The summed E-state index contributed by atoms with van der Waals surface area (Å²) < 4.78 is 28.2. The molecular formula is C30H37ClF2N2O2. The Morgan fingerprint density at radius 3 is 2.57 bits per heavy atom. The SMILES string of the molecule is C=C1C[C@@H](C(=O)N2CCC(c3cc(Cl)c(C)cc3[C@H](CC)NC(C)=O)CC2)[C@H](C2C=CC(F)=CC2F)C1. The van der Waals surface area contributed by atoms with E-state index in [1.54, 1.807) is 6.08 Å². The van der Waals surface area contributed by atoms with Crippen molar-refractivity contribution in [3.8, 4) is 0 Å². The van der Waals surface area contributed by atoms with Crippen LogP contribution in [-0.2, 0) is 9.59 Å². The molecule has 0 bridgehead atoms. The molecule has 1 aromatic carbocycles. The quantitative estimate of drug-likeness (QED) is 0.407. The van der Waals surface area contributed by atoms with Gasteiger partial charge in [-0.1, -0.05) is 42.8 Å². The van der Waals surface area contributed by atoms with Gasteiger partial charge in [0.15, 0.2) is 0 Å². The van der Waals surface area contributed by atoms with E-state index in [4.69, 9.17) is 11.6 Å². The Balaban J connectivity index is 1.48.